The molecule has 1 N–H and O–H groups in total. The topological polar surface area (TPSA) is 50.4 Å². The van der Waals surface area contributed by atoms with E-state index < -0.39 is 5.97 Å². The Morgan fingerprint density at radius 3 is 2.53 bits per heavy atom. The van der Waals surface area contributed by atoms with Gasteiger partial charge in [-0.3, -0.25) is 0 Å². The van der Waals surface area contributed by atoms with Crippen LogP contribution in [0.5, 0.6) is 0 Å². The van der Waals surface area contributed by atoms with Crippen LogP contribution in [-0.2, 0) is 11.5 Å². The van der Waals surface area contributed by atoms with Crippen LogP contribution in [-0.4, -0.2) is 11.1 Å². The zero-order valence-corrected chi connectivity index (χ0v) is 9.94. The number of hydrogen-bond acceptors (Lipinski definition) is 3. The predicted octanol–water partition coefficient (Wildman–Crippen LogP) is 3.41. The average Bonchev–Trinajstić information content (AvgIpc) is 2.79. The maximum Gasteiger partial charge on any atom is 0.371 e. The summed E-state index contributed by atoms with van der Waals surface area (Å²) in [5.41, 5.74) is 1.25. The molecular weight excluding hydrogens is 236 g/mol. The van der Waals surface area contributed by atoms with Crippen LogP contribution in [0.25, 0.3) is 0 Å². The summed E-state index contributed by atoms with van der Waals surface area (Å²) in [6, 6.07) is 13.3. The molecule has 0 radical (unpaired) electrons. The van der Waals surface area contributed by atoms with Gasteiger partial charge in [-0.1, -0.05) is 30.3 Å². The molecule has 2 aromatic rings. The molecule has 1 aromatic carbocycles. The molecule has 0 spiro atoms. The van der Waals surface area contributed by atoms with Crippen molar-refractivity contribution >= 4 is 17.7 Å². The zero-order chi connectivity index (χ0) is 12.1. The zero-order valence-electron chi connectivity index (χ0n) is 9.13. The molecule has 0 unspecified atom stereocenters. The smallest absolute Gasteiger partial charge is 0.371 e. The third-order valence-corrected chi connectivity index (χ3v) is 3.25. The Labute approximate surface area is 103 Å². The summed E-state index contributed by atoms with van der Waals surface area (Å²) in [6.07, 6.45) is 0. The van der Waals surface area contributed by atoms with Gasteiger partial charge in [0.05, 0.1) is 5.75 Å². The van der Waals surface area contributed by atoms with E-state index in [0.29, 0.717) is 11.5 Å². The minimum atomic E-state index is -1.02. The molecule has 0 fully saturated rings. The number of carboxylic acid groups (broad SMARTS) is 1. The van der Waals surface area contributed by atoms with Crippen LogP contribution in [0.15, 0.2) is 46.9 Å². The van der Waals surface area contributed by atoms with Crippen molar-refractivity contribution in [2.45, 2.75) is 11.5 Å². The maximum absolute atomic E-state index is 10.6. The second-order valence-electron chi connectivity index (χ2n) is 3.55. The number of carboxylic acids is 1. The first-order valence-corrected chi connectivity index (χ1v) is 6.35. The lowest BCUT2D eigenvalue weighted by atomic mass is 10.2. The molecule has 1 aromatic heterocycles. The van der Waals surface area contributed by atoms with E-state index in [1.807, 2.05) is 18.2 Å². The Hall–Kier alpha value is -1.68. The molecule has 0 bridgehead atoms. The first-order chi connectivity index (χ1) is 8.25. The monoisotopic (exact) mass is 248 g/mol. The van der Waals surface area contributed by atoms with Crippen molar-refractivity contribution in [3.05, 3.63) is 59.5 Å². The minimum absolute atomic E-state index is 0.000288. The third-order valence-electron chi connectivity index (χ3n) is 2.23. The quantitative estimate of drug-likeness (QED) is 0.881. The fourth-order valence-electron chi connectivity index (χ4n) is 1.41. The molecule has 3 nitrogen and oxygen atoms in total. The first kappa shape index (κ1) is 11.8. The lowest BCUT2D eigenvalue weighted by molar-refractivity contribution is 0.0661. The van der Waals surface area contributed by atoms with E-state index in [9.17, 15) is 4.79 Å². The molecule has 0 aliphatic rings. The SMILES string of the molecule is O=C(O)c1ccc(CSCc2ccccc2)o1. The number of rotatable bonds is 5. The van der Waals surface area contributed by atoms with Gasteiger partial charge >= 0.3 is 5.97 Å². The van der Waals surface area contributed by atoms with Gasteiger partial charge in [-0.15, -0.1) is 11.8 Å². The summed E-state index contributed by atoms with van der Waals surface area (Å²) in [4.78, 5) is 10.6. The van der Waals surface area contributed by atoms with E-state index in [1.54, 1.807) is 17.8 Å². The molecular formula is C13H12O3S. The summed E-state index contributed by atoms with van der Waals surface area (Å²) in [5, 5.41) is 8.70. The van der Waals surface area contributed by atoms with Gasteiger partial charge in [-0.25, -0.2) is 4.79 Å². The Kier molecular flexibility index (Phi) is 3.88. The van der Waals surface area contributed by atoms with Crippen LogP contribution in [0.3, 0.4) is 0 Å². The van der Waals surface area contributed by atoms with Crippen LogP contribution < -0.4 is 0 Å². The molecule has 4 heteroatoms. The number of benzene rings is 1. The Morgan fingerprint density at radius 2 is 1.88 bits per heavy atom. The number of aromatic carboxylic acids is 1. The number of furan rings is 1. The molecule has 0 amide bonds. The highest BCUT2D eigenvalue weighted by molar-refractivity contribution is 7.97. The van der Waals surface area contributed by atoms with Crippen LogP contribution in [0.2, 0.25) is 0 Å². The highest BCUT2D eigenvalue weighted by Gasteiger charge is 2.08. The fraction of sp³-hybridized carbons (Fsp3) is 0.154. The summed E-state index contributed by atoms with van der Waals surface area (Å²) < 4.78 is 5.16. The summed E-state index contributed by atoms with van der Waals surface area (Å²) in [6.45, 7) is 0. The van der Waals surface area contributed by atoms with E-state index in [2.05, 4.69) is 12.1 Å². The minimum Gasteiger partial charge on any atom is -0.475 e. The largest absolute Gasteiger partial charge is 0.475 e. The molecule has 1 heterocycles. The molecule has 2 rings (SSSR count). The first-order valence-electron chi connectivity index (χ1n) is 5.19. The molecule has 88 valence electrons. The summed E-state index contributed by atoms with van der Waals surface area (Å²) in [7, 11) is 0. The van der Waals surface area contributed by atoms with Gasteiger partial charge in [0.1, 0.15) is 5.76 Å². The maximum atomic E-state index is 10.6. The Morgan fingerprint density at radius 1 is 1.12 bits per heavy atom. The summed E-state index contributed by atoms with van der Waals surface area (Å²) >= 11 is 1.70. The summed E-state index contributed by atoms with van der Waals surface area (Å²) in [5.74, 6) is 1.25. The van der Waals surface area contributed by atoms with E-state index in [4.69, 9.17) is 9.52 Å². The van der Waals surface area contributed by atoms with Gasteiger partial charge in [-0.2, -0.15) is 0 Å². The number of thioether (sulfide) groups is 1. The lowest BCUT2D eigenvalue weighted by Gasteiger charge is -1.99. The van der Waals surface area contributed by atoms with Gasteiger partial charge in [0.15, 0.2) is 0 Å². The van der Waals surface area contributed by atoms with Gasteiger partial charge in [0.2, 0.25) is 5.76 Å². The van der Waals surface area contributed by atoms with E-state index >= 15 is 0 Å². The number of carbonyl (C=O) groups is 1. The van der Waals surface area contributed by atoms with Crippen molar-refractivity contribution in [1.82, 2.24) is 0 Å². The highest BCUT2D eigenvalue weighted by Crippen LogP contribution is 2.19. The average molecular weight is 248 g/mol. The second-order valence-corrected chi connectivity index (χ2v) is 4.54. The lowest BCUT2D eigenvalue weighted by Crippen LogP contribution is -1.91. The van der Waals surface area contributed by atoms with Crippen LogP contribution in [0, 0.1) is 0 Å². The molecule has 0 aliphatic carbocycles. The van der Waals surface area contributed by atoms with Gasteiger partial charge in [0.25, 0.3) is 0 Å². The Bertz CT molecular complexity index is 490. The molecule has 0 atom stereocenters. The van der Waals surface area contributed by atoms with Gasteiger partial charge in [-0.05, 0) is 17.7 Å². The van der Waals surface area contributed by atoms with Crippen molar-refractivity contribution in [1.29, 1.82) is 0 Å². The van der Waals surface area contributed by atoms with Gasteiger partial charge in [0, 0.05) is 5.75 Å². The third kappa shape index (κ3) is 3.39. The predicted molar refractivity (Wildman–Crippen MR) is 67.1 cm³/mol. The second kappa shape index (κ2) is 5.59. The Balaban J connectivity index is 1.84. The van der Waals surface area contributed by atoms with Crippen LogP contribution >= 0.6 is 11.8 Å². The highest BCUT2D eigenvalue weighted by atomic mass is 32.2. The van der Waals surface area contributed by atoms with E-state index in [0.717, 1.165) is 5.75 Å². The van der Waals surface area contributed by atoms with Crippen molar-refractivity contribution in [2.24, 2.45) is 0 Å². The van der Waals surface area contributed by atoms with Crippen molar-refractivity contribution in [2.75, 3.05) is 0 Å². The van der Waals surface area contributed by atoms with Crippen LogP contribution in [0.1, 0.15) is 21.9 Å². The van der Waals surface area contributed by atoms with Crippen molar-refractivity contribution in [3.8, 4) is 0 Å². The van der Waals surface area contributed by atoms with Crippen molar-refractivity contribution < 1.29 is 14.3 Å². The van der Waals surface area contributed by atoms with Gasteiger partial charge < -0.3 is 9.52 Å². The standard InChI is InChI=1S/C13H12O3S/c14-13(15)12-7-6-11(16-12)9-17-8-10-4-2-1-3-5-10/h1-7H,8-9H2,(H,14,15). The fourth-order valence-corrected chi connectivity index (χ4v) is 2.30. The van der Waals surface area contributed by atoms with Crippen molar-refractivity contribution in [3.63, 3.8) is 0 Å². The number of hydrogen-bond donors (Lipinski definition) is 1. The molecule has 0 saturated heterocycles. The molecule has 0 saturated carbocycles. The van der Waals surface area contributed by atoms with Crippen LogP contribution in [0.4, 0.5) is 0 Å². The normalized spacial score (nSPS) is 10.4. The molecule has 17 heavy (non-hydrogen) atoms. The van der Waals surface area contributed by atoms with E-state index in [-0.39, 0.29) is 5.76 Å². The molecule has 0 aliphatic heterocycles. The van der Waals surface area contributed by atoms with E-state index in [1.165, 1.54) is 11.6 Å².